The number of hydrogen-bond donors (Lipinski definition) is 0. The zero-order valence-electron chi connectivity index (χ0n) is 16.6. The Bertz CT molecular complexity index is 1130. The molecule has 1 heterocycles. The zero-order valence-corrected chi connectivity index (χ0v) is 19.0. The fourth-order valence-electron chi connectivity index (χ4n) is 2.88. The second kappa shape index (κ2) is 9.81. The lowest BCUT2D eigenvalue weighted by molar-refractivity contribution is -0.148. The van der Waals surface area contributed by atoms with Crippen LogP contribution in [0, 0.1) is 11.3 Å². The molecule has 1 fully saturated rings. The number of esters is 1. The highest BCUT2D eigenvalue weighted by atomic mass is 79.9. The monoisotopic (exact) mass is 500 g/mol. The highest BCUT2D eigenvalue weighted by Crippen LogP contribution is 2.35. The van der Waals surface area contributed by atoms with E-state index in [1.165, 1.54) is 14.0 Å². The number of carbonyl (C=O) groups excluding carboxylic acids is 3. The van der Waals surface area contributed by atoms with Crippen LogP contribution in [-0.4, -0.2) is 35.2 Å². The summed E-state index contributed by atoms with van der Waals surface area (Å²) in [5, 5.41) is 8.65. The van der Waals surface area contributed by atoms with Crippen LogP contribution in [0.2, 0.25) is 0 Å². The van der Waals surface area contributed by atoms with E-state index >= 15 is 0 Å². The van der Waals surface area contributed by atoms with Crippen molar-refractivity contribution in [3.8, 4) is 11.8 Å². The van der Waals surface area contributed by atoms with E-state index in [2.05, 4.69) is 26.7 Å². The van der Waals surface area contributed by atoms with Gasteiger partial charge in [-0.2, -0.15) is 5.26 Å². The van der Waals surface area contributed by atoms with Crippen LogP contribution in [0.5, 0.6) is 5.75 Å². The second-order valence-corrected chi connectivity index (χ2v) is 8.35. The number of nitrogens with zero attached hydrogens (tertiary/aromatic N) is 2. The van der Waals surface area contributed by atoms with Gasteiger partial charge in [0.2, 0.25) is 0 Å². The Hall–Kier alpha value is -3.09. The van der Waals surface area contributed by atoms with E-state index in [-0.39, 0.29) is 11.5 Å². The van der Waals surface area contributed by atoms with E-state index in [0.717, 1.165) is 22.2 Å². The van der Waals surface area contributed by atoms with Crippen LogP contribution in [-0.2, 0) is 20.9 Å². The summed E-state index contributed by atoms with van der Waals surface area (Å²) in [6, 6.07) is 13.5. The highest BCUT2D eigenvalue weighted by Gasteiger charge is 2.41. The predicted molar refractivity (Wildman–Crippen MR) is 119 cm³/mol. The number of nitriles is 1. The third-order valence-corrected chi connectivity index (χ3v) is 6.03. The summed E-state index contributed by atoms with van der Waals surface area (Å²) in [6.45, 7) is 1.67. The van der Waals surface area contributed by atoms with E-state index in [1.807, 2.05) is 12.1 Å². The minimum atomic E-state index is -0.998. The fourth-order valence-corrected chi connectivity index (χ4v) is 4.29. The molecule has 1 atom stereocenters. The number of halogens is 1. The van der Waals surface area contributed by atoms with Crippen LogP contribution in [0.25, 0.3) is 6.08 Å². The van der Waals surface area contributed by atoms with Crippen molar-refractivity contribution in [3.05, 3.63) is 68.5 Å². The molecule has 9 heteroatoms. The van der Waals surface area contributed by atoms with Gasteiger partial charge >= 0.3 is 5.97 Å². The van der Waals surface area contributed by atoms with Gasteiger partial charge in [0.1, 0.15) is 18.4 Å². The largest absolute Gasteiger partial charge is 0.488 e. The van der Waals surface area contributed by atoms with Crippen molar-refractivity contribution in [2.24, 2.45) is 0 Å². The van der Waals surface area contributed by atoms with E-state index in [1.54, 1.807) is 36.4 Å². The average Bonchev–Trinajstić information content (AvgIpc) is 3.04. The number of hydrogen-bond acceptors (Lipinski definition) is 7. The summed E-state index contributed by atoms with van der Waals surface area (Å²) < 4.78 is 11.1. The summed E-state index contributed by atoms with van der Waals surface area (Å²) in [7, 11) is 1.20. The van der Waals surface area contributed by atoms with Gasteiger partial charge in [-0.1, -0.05) is 24.3 Å². The maximum atomic E-state index is 12.6. The van der Waals surface area contributed by atoms with Crippen molar-refractivity contribution in [2.45, 2.75) is 19.6 Å². The van der Waals surface area contributed by atoms with Crippen molar-refractivity contribution < 1.29 is 23.9 Å². The molecule has 1 aliphatic heterocycles. The molecule has 1 aliphatic rings. The van der Waals surface area contributed by atoms with E-state index in [9.17, 15) is 19.6 Å². The van der Waals surface area contributed by atoms with Gasteiger partial charge in [-0.05, 0) is 64.5 Å². The van der Waals surface area contributed by atoms with Crippen molar-refractivity contribution in [1.82, 2.24) is 4.90 Å². The molecule has 0 saturated carbocycles. The molecule has 0 unspecified atom stereocenters. The Morgan fingerprint density at radius 2 is 2.03 bits per heavy atom. The van der Waals surface area contributed by atoms with Gasteiger partial charge in [0.05, 0.1) is 28.1 Å². The van der Waals surface area contributed by atoms with Gasteiger partial charge in [0, 0.05) is 5.56 Å². The molecule has 2 amide bonds. The second-order valence-electron chi connectivity index (χ2n) is 6.50. The molecule has 0 radical (unpaired) electrons. The Balaban J connectivity index is 1.75. The van der Waals surface area contributed by atoms with Gasteiger partial charge in [-0.25, -0.2) is 4.79 Å². The number of amides is 2. The van der Waals surface area contributed by atoms with Gasteiger partial charge in [-0.3, -0.25) is 14.5 Å². The van der Waals surface area contributed by atoms with Crippen molar-refractivity contribution in [2.75, 3.05) is 7.11 Å². The van der Waals surface area contributed by atoms with Gasteiger partial charge < -0.3 is 9.47 Å². The standard InChI is InChI=1S/C22H17BrN2O5S/c1-13(21(27)29-2)25-20(26)19(31-22(25)28)10-14-7-8-18(17(23)9-14)30-12-16-6-4-3-5-15(16)11-24/h3-10,13H,12H2,1-2H3/b19-10+/t13-/m1/s1. The molecule has 0 spiro atoms. The van der Waals surface area contributed by atoms with Crippen LogP contribution >= 0.6 is 27.7 Å². The molecule has 2 aromatic carbocycles. The first-order chi connectivity index (χ1) is 14.8. The van der Waals surface area contributed by atoms with Crippen LogP contribution < -0.4 is 4.74 Å². The predicted octanol–water partition coefficient (Wildman–Crippen LogP) is 4.50. The van der Waals surface area contributed by atoms with Crippen molar-refractivity contribution >= 4 is 50.9 Å². The maximum absolute atomic E-state index is 12.6. The highest BCUT2D eigenvalue weighted by molar-refractivity contribution is 9.10. The molecule has 31 heavy (non-hydrogen) atoms. The number of thioether (sulfide) groups is 1. The third kappa shape index (κ3) is 4.98. The maximum Gasteiger partial charge on any atom is 0.328 e. The number of rotatable bonds is 6. The van der Waals surface area contributed by atoms with Crippen LogP contribution in [0.4, 0.5) is 4.79 Å². The molecule has 1 saturated heterocycles. The van der Waals surface area contributed by atoms with Gasteiger partial charge in [0.15, 0.2) is 0 Å². The summed E-state index contributed by atoms with van der Waals surface area (Å²) in [6.07, 6.45) is 1.58. The summed E-state index contributed by atoms with van der Waals surface area (Å²) in [5.74, 6) is -0.638. The summed E-state index contributed by atoms with van der Waals surface area (Å²) in [4.78, 5) is 37.6. The Morgan fingerprint density at radius 1 is 1.29 bits per heavy atom. The lowest BCUT2D eigenvalue weighted by atomic mass is 10.1. The Labute approximate surface area is 191 Å². The lowest BCUT2D eigenvalue weighted by Gasteiger charge is -2.18. The molecular formula is C22H17BrN2O5S. The number of benzene rings is 2. The molecule has 158 valence electrons. The molecule has 0 aromatic heterocycles. The first-order valence-corrected chi connectivity index (χ1v) is 10.7. The molecule has 3 rings (SSSR count). The van der Waals surface area contributed by atoms with Gasteiger partial charge in [0.25, 0.3) is 11.1 Å². The Kier molecular flexibility index (Phi) is 7.15. The van der Waals surface area contributed by atoms with Crippen molar-refractivity contribution in [3.63, 3.8) is 0 Å². The molecule has 0 aliphatic carbocycles. The first kappa shape index (κ1) is 22.6. The summed E-state index contributed by atoms with van der Waals surface area (Å²) in [5.41, 5.74) is 1.99. The Morgan fingerprint density at radius 3 is 2.71 bits per heavy atom. The number of methoxy groups -OCH3 is 1. The molecule has 0 bridgehead atoms. The quantitative estimate of drug-likeness (QED) is 0.425. The smallest absolute Gasteiger partial charge is 0.328 e. The molecule has 0 N–H and O–H groups in total. The van der Waals surface area contributed by atoms with Crippen LogP contribution in [0.3, 0.4) is 0 Å². The van der Waals surface area contributed by atoms with Crippen molar-refractivity contribution in [1.29, 1.82) is 5.26 Å². The average molecular weight is 501 g/mol. The first-order valence-electron chi connectivity index (χ1n) is 9.11. The number of imide groups is 1. The van der Waals surface area contributed by atoms with E-state index < -0.39 is 23.2 Å². The third-order valence-electron chi connectivity index (χ3n) is 4.53. The lowest BCUT2D eigenvalue weighted by Crippen LogP contribution is -2.42. The van der Waals surface area contributed by atoms with E-state index in [0.29, 0.717) is 21.3 Å². The number of carbonyl (C=O) groups is 3. The fraction of sp³-hybridized carbons (Fsp3) is 0.182. The molecule has 2 aromatic rings. The van der Waals surface area contributed by atoms with E-state index in [4.69, 9.17) is 4.74 Å². The molecular weight excluding hydrogens is 484 g/mol. The minimum absolute atomic E-state index is 0.212. The van der Waals surface area contributed by atoms with Crippen LogP contribution in [0.15, 0.2) is 51.8 Å². The summed E-state index contributed by atoms with van der Waals surface area (Å²) >= 11 is 4.21. The minimum Gasteiger partial charge on any atom is -0.488 e. The SMILES string of the molecule is COC(=O)[C@@H](C)N1C(=O)S/C(=C/c2ccc(OCc3ccccc3C#N)c(Br)c2)C1=O. The van der Waals surface area contributed by atoms with Crippen LogP contribution in [0.1, 0.15) is 23.6 Å². The zero-order chi connectivity index (χ0) is 22.5. The van der Waals surface area contributed by atoms with Gasteiger partial charge in [-0.15, -0.1) is 0 Å². The molecule has 7 nitrogen and oxygen atoms in total. The topological polar surface area (TPSA) is 96.7 Å². The normalized spacial score (nSPS) is 15.7. The number of ether oxygens (including phenoxy) is 2.